The van der Waals surface area contributed by atoms with Gasteiger partial charge in [0.2, 0.25) is 6.33 Å². The molecule has 1 aromatic heterocycles. The van der Waals surface area contributed by atoms with Gasteiger partial charge in [0.25, 0.3) is 0 Å². The van der Waals surface area contributed by atoms with Crippen LogP contribution in [0.2, 0.25) is 0 Å². The SMILES string of the molecule is C=C(C)C(=O)OCCCC(=O)OCCn1cc[n+](CCOC(=O)CCCOC(=O)C(=C)C)c1.[Br-]. The van der Waals surface area contributed by atoms with Crippen LogP contribution in [-0.4, -0.2) is 54.9 Å². The smallest absolute Gasteiger partial charge is 0.333 e. The average Bonchev–Trinajstić information content (AvgIpc) is 3.21. The standard InChI is InChI=1S/C23H33N2O8.BrH/c1-18(2)22(28)32-13-5-7-20(26)30-15-11-24-9-10-25(17-24)12-16-31-21(27)8-6-14-33-23(29)19(3)4;/h9-10,17H,1,3,5-8,11-16H2,2,4H3;1H/q+1;/p-1. The molecule has 0 radical (unpaired) electrons. The quantitative estimate of drug-likeness (QED) is 0.0826. The summed E-state index contributed by atoms with van der Waals surface area (Å²) in [7, 11) is 0. The number of hydrogen-bond acceptors (Lipinski definition) is 8. The maximum absolute atomic E-state index is 11.7. The third-order valence-corrected chi connectivity index (χ3v) is 4.19. The lowest BCUT2D eigenvalue weighted by Crippen LogP contribution is -3.00. The van der Waals surface area contributed by atoms with E-state index in [0.29, 0.717) is 37.1 Å². The Morgan fingerprint density at radius 1 is 0.794 bits per heavy atom. The molecular formula is C23H33BrN2O8. The number of hydrogen-bond donors (Lipinski definition) is 0. The minimum atomic E-state index is -0.472. The van der Waals surface area contributed by atoms with Crippen molar-refractivity contribution in [1.82, 2.24) is 4.57 Å². The monoisotopic (exact) mass is 544 g/mol. The molecule has 190 valence electrons. The lowest BCUT2D eigenvalue weighted by atomic mass is 10.3. The molecule has 0 saturated heterocycles. The van der Waals surface area contributed by atoms with Crippen molar-refractivity contribution in [2.45, 2.75) is 52.6 Å². The second-order valence-corrected chi connectivity index (χ2v) is 7.37. The fourth-order valence-electron chi connectivity index (χ4n) is 2.39. The highest BCUT2D eigenvalue weighted by molar-refractivity contribution is 5.87. The number of carbonyl (C=O) groups excluding carboxylic acids is 4. The van der Waals surface area contributed by atoms with Gasteiger partial charge < -0.3 is 35.9 Å². The molecule has 10 nitrogen and oxygen atoms in total. The van der Waals surface area contributed by atoms with Crippen LogP contribution >= 0.6 is 0 Å². The summed E-state index contributed by atoms with van der Waals surface area (Å²) in [5.41, 5.74) is 0.636. The van der Waals surface area contributed by atoms with E-state index >= 15 is 0 Å². The van der Waals surface area contributed by atoms with Crippen LogP contribution in [0.15, 0.2) is 43.0 Å². The van der Waals surface area contributed by atoms with Gasteiger partial charge in [-0.1, -0.05) is 13.2 Å². The first kappa shape index (κ1) is 31.0. The van der Waals surface area contributed by atoms with Crippen molar-refractivity contribution >= 4 is 23.9 Å². The molecule has 0 fully saturated rings. The first-order valence-electron chi connectivity index (χ1n) is 10.7. The van der Waals surface area contributed by atoms with Crippen LogP contribution in [0.4, 0.5) is 0 Å². The number of rotatable bonds is 16. The van der Waals surface area contributed by atoms with Crippen molar-refractivity contribution < 1.29 is 59.7 Å². The fourth-order valence-corrected chi connectivity index (χ4v) is 2.39. The van der Waals surface area contributed by atoms with Crippen LogP contribution in [0.5, 0.6) is 0 Å². The van der Waals surface area contributed by atoms with Gasteiger partial charge in [-0.25, -0.2) is 18.7 Å². The van der Waals surface area contributed by atoms with Crippen molar-refractivity contribution in [3.05, 3.63) is 43.0 Å². The van der Waals surface area contributed by atoms with Crippen LogP contribution in [-0.2, 0) is 51.2 Å². The van der Waals surface area contributed by atoms with Gasteiger partial charge in [0.05, 0.1) is 13.2 Å². The molecule has 0 aromatic carbocycles. The van der Waals surface area contributed by atoms with E-state index in [1.54, 1.807) is 13.8 Å². The lowest BCUT2D eigenvalue weighted by Gasteiger charge is -2.05. The molecule has 0 N–H and O–H groups in total. The number of ether oxygens (including phenoxy) is 4. The van der Waals surface area contributed by atoms with Crippen molar-refractivity contribution in [2.24, 2.45) is 0 Å². The van der Waals surface area contributed by atoms with E-state index < -0.39 is 11.9 Å². The number of halogens is 1. The minimum absolute atomic E-state index is 0. The van der Waals surface area contributed by atoms with E-state index in [4.69, 9.17) is 18.9 Å². The maximum Gasteiger partial charge on any atom is 0.333 e. The highest BCUT2D eigenvalue weighted by Crippen LogP contribution is 1.99. The van der Waals surface area contributed by atoms with E-state index in [9.17, 15) is 19.2 Å². The zero-order valence-electron chi connectivity index (χ0n) is 19.8. The molecule has 0 amide bonds. The van der Waals surface area contributed by atoms with E-state index in [2.05, 4.69) is 13.2 Å². The Bertz CT molecular complexity index is 783. The zero-order chi connectivity index (χ0) is 24.6. The molecule has 0 aliphatic carbocycles. The molecule has 0 unspecified atom stereocenters. The van der Waals surface area contributed by atoms with E-state index in [0.717, 1.165) is 0 Å². The largest absolute Gasteiger partial charge is 1.00 e. The van der Waals surface area contributed by atoms with Crippen LogP contribution in [0, 0.1) is 0 Å². The molecule has 0 aliphatic heterocycles. The molecule has 1 heterocycles. The van der Waals surface area contributed by atoms with Crippen molar-refractivity contribution in [3.8, 4) is 0 Å². The topological polar surface area (TPSA) is 114 Å². The Balaban J connectivity index is 0.0000109. The molecular weight excluding hydrogens is 512 g/mol. The summed E-state index contributed by atoms with van der Waals surface area (Å²) >= 11 is 0. The van der Waals surface area contributed by atoms with Crippen molar-refractivity contribution in [1.29, 1.82) is 0 Å². The normalized spacial score (nSPS) is 9.94. The lowest BCUT2D eigenvalue weighted by molar-refractivity contribution is -0.697. The Hall–Kier alpha value is -2.95. The van der Waals surface area contributed by atoms with Gasteiger partial charge in [-0.05, 0) is 26.7 Å². The van der Waals surface area contributed by atoms with Crippen molar-refractivity contribution in [2.75, 3.05) is 26.4 Å². The molecule has 0 saturated carbocycles. The predicted molar refractivity (Wildman–Crippen MR) is 117 cm³/mol. The molecule has 0 aliphatic rings. The summed E-state index contributed by atoms with van der Waals surface area (Å²) in [6, 6.07) is 0. The molecule has 1 aromatic rings. The van der Waals surface area contributed by atoms with Gasteiger partial charge in [0, 0.05) is 24.0 Å². The summed E-state index contributed by atoms with van der Waals surface area (Å²) in [5.74, 6) is -1.66. The van der Waals surface area contributed by atoms with E-state index in [1.165, 1.54) is 0 Å². The van der Waals surface area contributed by atoms with Crippen LogP contribution < -0.4 is 21.5 Å². The second kappa shape index (κ2) is 17.5. The molecule has 0 spiro atoms. The fraction of sp³-hybridized carbons (Fsp3) is 0.522. The van der Waals surface area contributed by atoms with Gasteiger partial charge in [0.15, 0.2) is 0 Å². The van der Waals surface area contributed by atoms with E-state index in [1.807, 2.05) is 27.9 Å². The predicted octanol–water partition coefficient (Wildman–Crippen LogP) is -1.33. The number of carbonyl (C=O) groups is 4. The van der Waals surface area contributed by atoms with Gasteiger partial charge in [-0.3, -0.25) is 9.59 Å². The van der Waals surface area contributed by atoms with Gasteiger partial charge in [0.1, 0.15) is 38.7 Å². The average molecular weight is 545 g/mol. The highest BCUT2D eigenvalue weighted by Gasteiger charge is 2.10. The first-order valence-corrected chi connectivity index (χ1v) is 10.7. The Labute approximate surface area is 210 Å². The molecule has 1 rings (SSSR count). The molecule has 0 bridgehead atoms. The maximum atomic E-state index is 11.7. The summed E-state index contributed by atoms with van der Waals surface area (Å²) in [4.78, 5) is 45.9. The number of esters is 4. The highest BCUT2D eigenvalue weighted by atomic mass is 79.9. The molecule has 34 heavy (non-hydrogen) atoms. The Morgan fingerprint density at radius 3 is 1.79 bits per heavy atom. The van der Waals surface area contributed by atoms with E-state index in [-0.39, 0.29) is 68.2 Å². The summed E-state index contributed by atoms with van der Waals surface area (Å²) in [6.07, 6.45) is 6.56. The Morgan fingerprint density at radius 2 is 1.29 bits per heavy atom. The first-order chi connectivity index (χ1) is 15.7. The zero-order valence-corrected chi connectivity index (χ0v) is 21.3. The number of nitrogens with zero attached hydrogens (tertiary/aromatic N) is 2. The number of aromatic nitrogens is 2. The van der Waals surface area contributed by atoms with Crippen molar-refractivity contribution in [3.63, 3.8) is 0 Å². The molecule has 0 atom stereocenters. The van der Waals surface area contributed by atoms with Gasteiger partial charge in [-0.2, -0.15) is 0 Å². The van der Waals surface area contributed by atoms with Crippen LogP contribution in [0.3, 0.4) is 0 Å². The summed E-state index contributed by atoms with van der Waals surface area (Å²) in [6.45, 7) is 11.7. The minimum Gasteiger partial charge on any atom is -1.00 e. The third-order valence-electron chi connectivity index (χ3n) is 4.19. The second-order valence-electron chi connectivity index (χ2n) is 7.37. The molecule has 11 heteroatoms. The van der Waals surface area contributed by atoms with Crippen LogP contribution in [0.1, 0.15) is 39.5 Å². The van der Waals surface area contributed by atoms with Gasteiger partial charge in [-0.15, -0.1) is 0 Å². The number of imidazole rings is 1. The Kier molecular flexibility index (Phi) is 16.0. The van der Waals surface area contributed by atoms with Gasteiger partial charge >= 0.3 is 23.9 Å². The summed E-state index contributed by atoms with van der Waals surface area (Å²) < 4.78 is 23.8. The summed E-state index contributed by atoms with van der Waals surface area (Å²) in [5, 5.41) is 0. The third kappa shape index (κ3) is 14.2. The van der Waals surface area contributed by atoms with Crippen LogP contribution in [0.25, 0.3) is 0 Å².